The van der Waals surface area contributed by atoms with Crippen LogP contribution >= 0.6 is 11.6 Å². The lowest BCUT2D eigenvalue weighted by Crippen LogP contribution is -2.40. The first-order chi connectivity index (χ1) is 29.1. The van der Waals surface area contributed by atoms with Gasteiger partial charge in [-0.1, -0.05) is 60.1 Å². The fourth-order valence-electron chi connectivity index (χ4n) is 6.87. The van der Waals surface area contributed by atoms with Crippen molar-refractivity contribution in [2.75, 3.05) is 69.0 Å². The van der Waals surface area contributed by atoms with Gasteiger partial charge in [0.05, 0.1) is 36.2 Å². The number of likely N-dealkylation sites (tertiary alicyclic amines) is 1. The minimum absolute atomic E-state index is 0.0613. The average molecular weight is 845 g/mol. The molecule has 4 aromatic rings. The van der Waals surface area contributed by atoms with E-state index in [1.54, 1.807) is 12.1 Å². The average Bonchev–Trinajstić information content (AvgIpc) is 3.25. The van der Waals surface area contributed by atoms with Gasteiger partial charge in [0.1, 0.15) is 23.3 Å². The molecular formula is C43H49ClN6O10. The zero-order chi connectivity index (χ0) is 42.4. The van der Waals surface area contributed by atoms with Gasteiger partial charge in [-0.25, -0.2) is 9.59 Å². The molecule has 1 fully saturated rings. The molecule has 0 saturated carbocycles. The molecule has 16 nitrogen and oxygen atoms in total. The van der Waals surface area contributed by atoms with Gasteiger partial charge in [-0.2, -0.15) is 0 Å². The summed E-state index contributed by atoms with van der Waals surface area (Å²) in [4.78, 5) is 51.6. The number of halogens is 1. The summed E-state index contributed by atoms with van der Waals surface area (Å²) < 4.78 is 22.0. The summed E-state index contributed by atoms with van der Waals surface area (Å²) in [6.07, 6.45) is -0.400. The van der Waals surface area contributed by atoms with E-state index in [-0.39, 0.29) is 66.2 Å². The van der Waals surface area contributed by atoms with E-state index in [9.17, 15) is 29.4 Å². The second kappa shape index (κ2) is 21.3. The second-order valence-electron chi connectivity index (χ2n) is 14.2. The SMILES string of the molecule is COc1cc(NC(=O)OCCCNC(=O)CCN2CCC(OC(=O)Nc3ccccc3-c3ccccc3)CC2)c(Cl)cc1CNCC(O)c1ccc(O)c2c1OCC(=O)N2. The van der Waals surface area contributed by atoms with E-state index < -0.39 is 24.2 Å². The van der Waals surface area contributed by atoms with Crippen molar-refractivity contribution in [3.8, 4) is 28.4 Å². The Balaban J connectivity index is 0.837. The van der Waals surface area contributed by atoms with E-state index in [0.29, 0.717) is 74.4 Å². The molecule has 0 bridgehead atoms. The lowest BCUT2D eigenvalue weighted by Gasteiger charge is -2.31. The van der Waals surface area contributed by atoms with Crippen LogP contribution in [0.3, 0.4) is 0 Å². The highest BCUT2D eigenvalue weighted by Crippen LogP contribution is 2.41. The van der Waals surface area contributed by atoms with Gasteiger partial charge in [0, 0.05) is 68.4 Å². The molecule has 1 saturated heterocycles. The van der Waals surface area contributed by atoms with Gasteiger partial charge in [-0.15, -0.1) is 0 Å². The summed E-state index contributed by atoms with van der Waals surface area (Å²) in [7, 11) is 1.47. The Morgan fingerprint density at radius 1 is 0.983 bits per heavy atom. The number of fused-ring (bicyclic) bond motifs is 1. The van der Waals surface area contributed by atoms with Crippen molar-refractivity contribution in [1.29, 1.82) is 0 Å². The predicted octanol–water partition coefficient (Wildman–Crippen LogP) is 6.03. The zero-order valence-corrected chi connectivity index (χ0v) is 33.9. The number of ether oxygens (including phenoxy) is 4. The van der Waals surface area contributed by atoms with Gasteiger partial charge in [0.15, 0.2) is 12.4 Å². The first-order valence-electron chi connectivity index (χ1n) is 19.7. The Bertz CT molecular complexity index is 2130. The highest BCUT2D eigenvalue weighted by molar-refractivity contribution is 6.33. The number of hydrogen-bond donors (Lipinski definition) is 7. The number of nitrogens with zero attached hydrogens (tertiary/aromatic N) is 1. The van der Waals surface area contributed by atoms with Crippen LogP contribution in [0.5, 0.6) is 17.2 Å². The molecule has 60 heavy (non-hydrogen) atoms. The number of nitrogens with one attached hydrogen (secondary N) is 5. The monoisotopic (exact) mass is 844 g/mol. The third kappa shape index (κ3) is 12.0. The molecule has 4 aromatic carbocycles. The zero-order valence-electron chi connectivity index (χ0n) is 33.1. The Morgan fingerprint density at radius 3 is 2.52 bits per heavy atom. The molecule has 7 N–H and O–H groups in total. The number of piperidine rings is 1. The molecule has 1 atom stereocenters. The van der Waals surface area contributed by atoms with E-state index in [4.69, 9.17) is 30.5 Å². The molecule has 1 unspecified atom stereocenters. The molecule has 2 aliphatic rings. The largest absolute Gasteiger partial charge is 0.506 e. The van der Waals surface area contributed by atoms with Crippen molar-refractivity contribution < 1.29 is 48.3 Å². The number of amides is 4. The van der Waals surface area contributed by atoms with Crippen molar-refractivity contribution in [1.82, 2.24) is 15.5 Å². The van der Waals surface area contributed by atoms with Crippen LogP contribution < -0.4 is 36.1 Å². The Morgan fingerprint density at radius 2 is 1.73 bits per heavy atom. The number of anilines is 3. The number of aliphatic hydroxyl groups is 1. The number of aromatic hydroxyl groups is 1. The number of rotatable bonds is 17. The van der Waals surface area contributed by atoms with Gasteiger partial charge in [0.2, 0.25) is 5.91 Å². The summed E-state index contributed by atoms with van der Waals surface area (Å²) in [5.41, 5.74) is 4.02. The Kier molecular flexibility index (Phi) is 15.4. The maximum Gasteiger partial charge on any atom is 0.411 e. The van der Waals surface area contributed by atoms with Gasteiger partial charge >= 0.3 is 12.2 Å². The standard InChI is InChI=1S/C43H49ClN6O10/c1-57-37-23-34(32(44)22-28(37)24-45-25-36(52)31-12-13-35(51)40-41(31)59-26-39(54)49-40)48-42(55)58-21-7-17-46-38(53)16-20-50-18-14-29(15-19-50)60-43(56)47-33-11-6-5-10-30(33)27-8-3-2-4-9-27/h2-6,8-13,22-23,29,36,45,51-52H,7,14-21,24-26H2,1H3,(H,46,53)(H,47,56)(H,48,55)(H,49,54). The highest BCUT2D eigenvalue weighted by Gasteiger charge is 2.26. The number of aliphatic hydroxyl groups excluding tert-OH is 1. The van der Waals surface area contributed by atoms with Crippen LogP contribution in [0.15, 0.2) is 78.9 Å². The summed E-state index contributed by atoms with van der Waals surface area (Å²) in [6, 6.07) is 23.5. The summed E-state index contributed by atoms with van der Waals surface area (Å²) in [5.74, 6) is -0.0588. The van der Waals surface area contributed by atoms with E-state index in [0.717, 1.165) is 11.1 Å². The molecule has 318 valence electrons. The summed E-state index contributed by atoms with van der Waals surface area (Å²) in [6.45, 7) is 2.48. The van der Waals surface area contributed by atoms with Crippen molar-refractivity contribution in [3.63, 3.8) is 0 Å². The molecule has 0 spiro atoms. The first-order valence-corrected chi connectivity index (χ1v) is 20.0. The van der Waals surface area contributed by atoms with Gasteiger partial charge in [-0.3, -0.25) is 20.2 Å². The van der Waals surface area contributed by atoms with E-state index >= 15 is 0 Å². The van der Waals surface area contributed by atoms with Crippen LogP contribution in [-0.2, 0) is 25.6 Å². The number of carbonyl (C=O) groups is 4. The van der Waals surface area contributed by atoms with Crippen LogP contribution in [0.2, 0.25) is 5.02 Å². The Labute approximate surface area is 352 Å². The van der Waals surface area contributed by atoms with E-state index in [1.165, 1.54) is 19.2 Å². The topological polar surface area (TPSA) is 209 Å². The molecule has 0 aromatic heterocycles. The van der Waals surface area contributed by atoms with Crippen LogP contribution in [0.1, 0.15) is 42.9 Å². The first kappa shape index (κ1) is 43.5. The van der Waals surface area contributed by atoms with Crippen LogP contribution in [-0.4, -0.2) is 98.3 Å². The van der Waals surface area contributed by atoms with Crippen LogP contribution in [0.25, 0.3) is 11.1 Å². The van der Waals surface area contributed by atoms with Crippen molar-refractivity contribution in [2.24, 2.45) is 0 Å². The summed E-state index contributed by atoms with van der Waals surface area (Å²) >= 11 is 6.48. The number of hydrogen-bond acceptors (Lipinski definition) is 12. The minimum atomic E-state index is -1.03. The molecule has 0 radical (unpaired) electrons. The van der Waals surface area contributed by atoms with Gasteiger partial charge in [-0.05, 0) is 49.1 Å². The van der Waals surface area contributed by atoms with Crippen LogP contribution in [0.4, 0.5) is 26.7 Å². The molecule has 6 rings (SSSR count). The van der Waals surface area contributed by atoms with Crippen molar-refractivity contribution in [3.05, 3.63) is 95.0 Å². The predicted molar refractivity (Wildman–Crippen MR) is 226 cm³/mol. The molecular weight excluding hydrogens is 796 g/mol. The second-order valence-corrected chi connectivity index (χ2v) is 14.6. The maximum atomic E-state index is 12.7. The molecule has 0 aliphatic carbocycles. The fourth-order valence-corrected chi connectivity index (χ4v) is 7.11. The molecule has 2 aliphatic heterocycles. The smallest absolute Gasteiger partial charge is 0.411 e. The number of para-hydroxylation sites is 1. The number of carbonyl (C=O) groups excluding carboxylic acids is 4. The van der Waals surface area contributed by atoms with Crippen molar-refractivity contribution >= 4 is 52.7 Å². The Hall–Kier alpha value is -6.07. The third-order valence-corrected chi connectivity index (χ3v) is 10.3. The normalized spacial score (nSPS) is 14.5. The molecule has 17 heteroatoms. The van der Waals surface area contributed by atoms with E-state index in [2.05, 4.69) is 31.5 Å². The van der Waals surface area contributed by atoms with E-state index in [1.807, 2.05) is 54.6 Å². The number of phenols is 1. The van der Waals surface area contributed by atoms with Gasteiger partial charge in [0.25, 0.3) is 5.91 Å². The third-order valence-electron chi connectivity index (χ3n) is 9.99. The number of phenolic OH excluding ortho intramolecular Hbond substituents is 1. The molecule has 4 amide bonds. The van der Waals surface area contributed by atoms with Gasteiger partial charge < -0.3 is 50.0 Å². The summed E-state index contributed by atoms with van der Waals surface area (Å²) in [5, 5.41) is 35.2. The quantitative estimate of drug-likeness (QED) is 0.0480. The highest BCUT2D eigenvalue weighted by atomic mass is 35.5. The number of methoxy groups -OCH3 is 1. The minimum Gasteiger partial charge on any atom is -0.506 e. The lowest BCUT2D eigenvalue weighted by atomic mass is 10.0. The van der Waals surface area contributed by atoms with Crippen molar-refractivity contribution in [2.45, 2.75) is 44.4 Å². The molecule has 2 heterocycles. The fraction of sp³-hybridized carbons (Fsp3) is 0.349. The maximum absolute atomic E-state index is 12.7. The lowest BCUT2D eigenvalue weighted by molar-refractivity contribution is -0.121. The number of benzene rings is 4. The van der Waals surface area contributed by atoms with Crippen LogP contribution in [0, 0.1) is 0 Å².